The molecule has 0 saturated heterocycles. The molecule has 1 fully saturated rings. The van der Waals surface area contributed by atoms with Gasteiger partial charge < -0.3 is 19.3 Å². The molecule has 1 aliphatic carbocycles. The molecule has 1 saturated carbocycles. The van der Waals surface area contributed by atoms with Gasteiger partial charge in [-0.15, -0.1) is 0 Å². The average molecular weight is 427 g/mol. The summed E-state index contributed by atoms with van der Waals surface area (Å²) in [6.07, 6.45) is 4.07. The average Bonchev–Trinajstić information content (AvgIpc) is 2.72. The number of esters is 1. The molecule has 31 heavy (non-hydrogen) atoms. The Morgan fingerprint density at radius 3 is 2.45 bits per heavy atom. The molecule has 0 unspecified atom stereocenters. The van der Waals surface area contributed by atoms with Crippen LogP contribution in [0.1, 0.15) is 56.0 Å². The van der Waals surface area contributed by atoms with Crippen LogP contribution in [0, 0.1) is 5.92 Å². The van der Waals surface area contributed by atoms with Gasteiger partial charge in [0, 0.05) is 11.1 Å². The van der Waals surface area contributed by atoms with Gasteiger partial charge in [0.2, 0.25) is 5.75 Å². The molecule has 0 aromatic heterocycles. The maximum atomic E-state index is 12.2. The Balaban J connectivity index is 1.90. The minimum absolute atomic E-state index is 0.00907. The van der Waals surface area contributed by atoms with Gasteiger partial charge in [-0.25, -0.2) is 4.79 Å². The van der Waals surface area contributed by atoms with Crippen molar-refractivity contribution in [2.75, 3.05) is 19.8 Å². The van der Waals surface area contributed by atoms with Gasteiger partial charge >= 0.3 is 5.97 Å². The lowest BCUT2D eigenvalue weighted by Crippen LogP contribution is -2.23. The Labute approximate surface area is 183 Å². The van der Waals surface area contributed by atoms with Crippen molar-refractivity contribution in [2.45, 2.75) is 46.5 Å². The normalized spacial score (nSPS) is 13.4. The zero-order valence-corrected chi connectivity index (χ0v) is 18.4. The summed E-state index contributed by atoms with van der Waals surface area (Å²) < 4.78 is 16.8. The Morgan fingerprint density at radius 1 is 1.06 bits per heavy atom. The molecule has 0 radical (unpaired) electrons. The second-order valence-electron chi connectivity index (χ2n) is 7.77. The van der Waals surface area contributed by atoms with Crippen LogP contribution in [0.3, 0.4) is 0 Å². The molecule has 2 aromatic rings. The largest absolute Gasteiger partial charge is 0.504 e. The van der Waals surface area contributed by atoms with Crippen LogP contribution in [0.2, 0.25) is 0 Å². The predicted octanol–water partition coefficient (Wildman–Crippen LogP) is 4.95. The van der Waals surface area contributed by atoms with Gasteiger partial charge in [-0.3, -0.25) is 4.79 Å². The smallest absolute Gasteiger partial charge is 0.344 e. The maximum absolute atomic E-state index is 12.2. The van der Waals surface area contributed by atoms with Crippen molar-refractivity contribution in [3.63, 3.8) is 0 Å². The number of phenolic OH excluding ortho intramolecular Hbond substituents is 1. The third-order valence-corrected chi connectivity index (χ3v) is 5.60. The second kappa shape index (κ2) is 10.3. The number of ether oxygens (including phenoxy) is 3. The number of rotatable bonds is 10. The van der Waals surface area contributed by atoms with E-state index >= 15 is 0 Å². The lowest BCUT2D eigenvalue weighted by atomic mass is 9.86. The summed E-state index contributed by atoms with van der Waals surface area (Å²) in [7, 11) is 0. The van der Waals surface area contributed by atoms with Gasteiger partial charge in [-0.1, -0.05) is 31.5 Å². The molecular formula is C25H30O6. The zero-order chi connectivity index (χ0) is 22.4. The number of carbonyl (C=O) groups is 2. The van der Waals surface area contributed by atoms with E-state index in [0.717, 1.165) is 24.0 Å². The Bertz CT molecular complexity index is 945. The van der Waals surface area contributed by atoms with E-state index in [0.29, 0.717) is 36.7 Å². The van der Waals surface area contributed by atoms with Crippen LogP contribution in [0.15, 0.2) is 30.3 Å². The van der Waals surface area contributed by atoms with E-state index in [1.165, 1.54) is 12.5 Å². The summed E-state index contributed by atoms with van der Waals surface area (Å²) in [4.78, 5) is 24.1. The SMILES string of the molecule is CCOc1c(O)ccc(-c2ccc(C(C)=O)c(CC)c2)c1OCC(=O)OCC1CCC1. The first kappa shape index (κ1) is 22.7. The predicted molar refractivity (Wildman–Crippen MR) is 118 cm³/mol. The van der Waals surface area contributed by atoms with E-state index in [1.54, 1.807) is 26.0 Å². The minimum Gasteiger partial charge on any atom is -0.504 e. The number of aryl methyl sites for hydroxylation is 1. The fraction of sp³-hybridized carbons (Fsp3) is 0.440. The molecule has 0 atom stereocenters. The van der Waals surface area contributed by atoms with Gasteiger partial charge in [-0.2, -0.15) is 0 Å². The van der Waals surface area contributed by atoms with Gasteiger partial charge in [0.1, 0.15) is 0 Å². The van der Waals surface area contributed by atoms with Crippen molar-refractivity contribution < 1.29 is 28.9 Å². The van der Waals surface area contributed by atoms with Crippen LogP contribution >= 0.6 is 0 Å². The summed E-state index contributed by atoms with van der Waals surface area (Å²) in [5, 5.41) is 10.3. The van der Waals surface area contributed by atoms with Crippen molar-refractivity contribution in [1.29, 1.82) is 0 Å². The van der Waals surface area contributed by atoms with Gasteiger partial charge in [0.15, 0.2) is 23.9 Å². The fourth-order valence-electron chi connectivity index (χ4n) is 3.65. The molecule has 0 aliphatic heterocycles. The zero-order valence-electron chi connectivity index (χ0n) is 18.4. The lowest BCUT2D eigenvalue weighted by Gasteiger charge is -2.24. The van der Waals surface area contributed by atoms with Gasteiger partial charge in [0.05, 0.1) is 13.2 Å². The first-order valence-electron chi connectivity index (χ1n) is 10.9. The number of aromatic hydroxyl groups is 1. The summed E-state index contributed by atoms with van der Waals surface area (Å²) in [5.41, 5.74) is 3.07. The third-order valence-electron chi connectivity index (χ3n) is 5.60. The Kier molecular flexibility index (Phi) is 7.55. The Hall–Kier alpha value is -3.02. The summed E-state index contributed by atoms with van der Waals surface area (Å²) >= 11 is 0. The standard InChI is InChI=1S/C25H30O6/c1-4-18-13-19(9-10-20(18)16(3)26)21-11-12-22(27)25(29-5-2)24(21)31-15-23(28)30-14-17-7-6-8-17/h9-13,17,27H,4-8,14-15H2,1-3H3. The molecule has 166 valence electrons. The van der Waals surface area contributed by atoms with E-state index in [9.17, 15) is 14.7 Å². The van der Waals surface area contributed by atoms with E-state index in [1.807, 2.05) is 19.1 Å². The molecule has 2 aromatic carbocycles. The number of phenols is 1. The number of Topliss-reactive ketones (excluding diaryl/α,β-unsaturated/α-hetero) is 1. The highest BCUT2D eigenvalue weighted by Gasteiger charge is 2.22. The lowest BCUT2D eigenvalue weighted by molar-refractivity contribution is -0.148. The number of hydrogen-bond donors (Lipinski definition) is 1. The highest BCUT2D eigenvalue weighted by Crippen LogP contribution is 2.44. The highest BCUT2D eigenvalue weighted by atomic mass is 16.6. The molecule has 6 nitrogen and oxygen atoms in total. The van der Waals surface area contributed by atoms with Crippen molar-refractivity contribution in [3.8, 4) is 28.4 Å². The molecular weight excluding hydrogens is 396 g/mol. The molecule has 0 heterocycles. The second-order valence-corrected chi connectivity index (χ2v) is 7.77. The van der Waals surface area contributed by atoms with Gasteiger partial charge in [-0.05, 0) is 62.3 Å². The summed E-state index contributed by atoms with van der Waals surface area (Å²) in [6.45, 7) is 5.80. The molecule has 6 heteroatoms. The molecule has 0 amide bonds. The summed E-state index contributed by atoms with van der Waals surface area (Å²) in [6, 6.07) is 8.81. The van der Waals surface area contributed by atoms with Crippen LogP contribution in [0.25, 0.3) is 11.1 Å². The van der Waals surface area contributed by atoms with Crippen LogP contribution in [0.4, 0.5) is 0 Å². The summed E-state index contributed by atoms with van der Waals surface area (Å²) in [5.74, 6) is 0.395. The topological polar surface area (TPSA) is 82.1 Å². The van der Waals surface area contributed by atoms with E-state index in [-0.39, 0.29) is 29.6 Å². The van der Waals surface area contributed by atoms with E-state index in [4.69, 9.17) is 14.2 Å². The van der Waals surface area contributed by atoms with Crippen molar-refractivity contribution in [3.05, 3.63) is 41.5 Å². The fourth-order valence-corrected chi connectivity index (χ4v) is 3.65. The molecule has 3 rings (SSSR count). The maximum Gasteiger partial charge on any atom is 0.344 e. The first-order chi connectivity index (χ1) is 14.9. The van der Waals surface area contributed by atoms with Crippen molar-refractivity contribution in [2.24, 2.45) is 5.92 Å². The Morgan fingerprint density at radius 2 is 1.84 bits per heavy atom. The van der Waals surface area contributed by atoms with Crippen molar-refractivity contribution in [1.82, 2.24) is 0 Å². The van der Waals surface area contributed by atoms with Crippen LogP contribution in [-0.2, 0) is 16.0 Å². The van der Waals surface area contributed by atoms with Crippen LogP contribution in [0.5, 0.6) is 17.2 Å². The molecule has 0 spiro atoms. The molecule has 0 bridgehead atoms. The quantitative estimate of drug-likeness (QED) is 0.428. The molecule has 1 N–H and O–H groups in total. The van der Waals surface area contributed by atoms with Crippen LogP contribution < -0.4 is 9.47 Å². The van der Waals surface area contributed by atoms with E-state index < -0.39 is 5.97 Å². The van der Waals surface area contributed by atoms with Gasteiger partial charge in [0.25, 0.3) is 0 Å². The number of ketones is 1. The van der Waals surface area contributed by atoms with Crippen LogP contribution in [-0.4, -0.2) is 36.7 Å². The number of carbonyl (C=O) groups excluding carboxylic acids is 2. The highest BCUT2D eigenvalue weighted by molar-refractivity contribution is 5.96. The number of hydrogen-bond acceptors (Lipinski definition) is 6. The number of benzene rings is 2. The van der Waals surface area contributed by atoms with Crippen molar-refractivity contribution >= 4 is 11.8 Å². The first-order valence-corrected chi connectivity index (χ1v) is 10.9. The minimum atomic E-state index is -0.454. The van der Waals surface area contributed by atoms with E-state index in [2.05, 4.69) is 0 Å². The third kappa shape index (κ3) is 5.37. The molecule has 1 aliphatic rings. The monoisotopic (exact) mass is 426 g/mol.